The van der Waals surface area contributed by atoms with E-state index in [9.17, 15) is 9.90 Å². The van der Waals surface area contributed by atoms with Crippen LogP contribution in [0.25, 0.3) is 0 Å². The van der Waals surface area contributed by atoms with Gasteiger partial charge in [-0.25, -0.2) is 0 Å². The van der Waals surface area contributed by atoms with Gasteiger partial charge >= 0.3 is 5.97 Å². The molecular weight excluding hydrogens is 168 g/mol. The van der Waals surface area contributed by atoms with Crippen LogP contribution in [0.1, 0.15) is 26.2 Å². The third-order valence-electron chi connectivity index (χ3n) is 3.90. The molecule has 2 rings (SSSR count). The molecule has 2 bridgehead atoms. The molecule has 2 aliphatic carbocycles. The lowest BCUT2D eigenvalue weighted by molar-refractivity contribution is -0.156. The molecule has 74 valence electrons. The first-order valence-corrected chi connectivity index (χ1v) is 4.84. The number of methoxy groups -OCH3 is 1. The number of esters is 1. The fourth-order valence-corrected chi connectivity index (χ4v) is 3.04. The molecule has 4 atom stereocenters. The lowest BCUT2D eigenvalue weighted by atomic mass is 9.74. The van der Waals surface area contributed by atoms with Gasteiger partial charge in [0.1, 0.15) is 0 Å². The molecule has 13 heavy (non-hydrogen) atoms. The summed E-state index contributed by atoms with van der Waals surface area (Å²) in [6.07, 6.45) is 2.39. The summed E-state index contributed by atoms with van der Waals surface area (Å²) in [5.74, 6) is 0.556. The number of fused-ring (bicyclic) bond motifs is 2. The van der Waals surface area contributed by atoms with Gasteiger partial charge in [-0.05, 0) is 38.0 Å². The van der Waals surface area contributed by atoms with Gasteiger partial charge in [0.25, 0.3) is 0 Å². The zero-order valence-electron chi connectivity index (χ0n) is 8.12. The highest BCUT2D eigenvalue weighted by molar-refractivity contribution is 5.77. The Labute approximate surface area is 78.1 Å². The SMILES string of the molecule is COC(=O)[C@]1(C)C[C@@H]2C[C@@H]1C[C@H]2O. The van der Waals surface area contributed by atoms with Gasteiger partial charge in [-0.2, -0.15) is 0 Å². The molecule has 0 aromatic rings. The quantitative estimate of drug-likeness (QED) is 0.617. The van der Waals surface area contributed by atoms with Gasteiger partial charge in [0.15, 0.2) is 0 Å². The average Bonchev–Trinajstić information content (AvgIpc) is 2.60. The first-order valence-electron chi connectivity index (χ1n) is 4.84. The van der Waals surface area contributed by atoms with Crippen LogP contribution in [0.3, 0.4) is 0 Å². The van der Waals surface area contributed by atoms with Crippen LogP contribution >= 0.6 is 0 Å². The maximum atomic E-state index is 11.5. The fraction of sp³-hybridized carbons (Fsp3) is 0.900. The Hall–Kier alpha value is -0.570. The van der Waals surface area contributed by atoms with Gasteiger partial charge in [0.05, 0.1) is 18.6 Å². The van der Waals surface area contributed by atoms with Crippen LogP contribution in [-0.4, -0.2) is 24.3 Å². The van der Waals surface area contributed by atoms with E-state index in [0.717, 1.165) is 19.3 Å². The monoisotopic (exact) mass is 184 g/mol. The van der Waals surface area contributed by atoms with Crippen molar-refractivity contribution in [2.75, 3.05) is 7.11 Å². The Bertz CT molecular complexity index is 236. The molecule has 0 spiro atoms. The minimum atomic E-state index is -0.321. The van der Waals surface area contributed by atoms with E-state index >= 15 is 0 Å². The molecule has 0 amide bonds. The molecule has 0 aromatic carbocycles. The van der Waals surface area contributed by atoms with E-state index in [1.54, 1.807) is 0 Å². The Morgan fingerprint density at radius 3 is 2.62 bits per heavy atom. The molecular formula is C10H16O3. The summed E-state index contributed by atoms with van der Waals surface area (Å²) >= 11 is 0. The molecule has 3 nitrogen and oxygen atoms in total. The highest BCUT2D eigenvalue weighted by Crippen LogP contribution is 2.56. The zero-order valence-corrected chi connectivity index (χ0v) is 8.12. The van der Waals surface area contributed by atoms with Crippen LogP contribution in [-0.2, 0) is 9.53 Å². The van der Waals surface area contributed by atoms with E-state index in [4.69, 9.17) is 4.74 Å². The van der Waals surface area contributed by atoms with Crippen LogP contribution < -0.4 is 0 Å². The van der Waals surface area contributed by atoms with E-state index in [1.807, 2.05) is 6.92 Å². The molecule has 2 fully saturated rings. The summed E-state index contributed by atoms with van der Waals surface area (Å²) in [7, 11) is 1.44. The van der Waals surface area contributed by atoms with Crippen LogP contribution in [0.2, 0.25) is 0 Å². The van der Waals surface area contributed by atoms with E-state index in [-0.39, 0.29) is 17.5 Å². The smallest absolute Gasteiger partial charge is 0.311 e. The van der Waals surface area contributed by atoms with Gasteiger partial charge in [0.2, 0.25) is 0 Å². The van der Waals surface area contributed by atoms with Crippen molar-refractivity contribution in [3.8, 4) is 0 Å². The third-order valence-corrected chi connectivity index (χ3v) is 3.90. The number of ether oxygens (including phenoxy) is 1. The van der Waals surface area contributed by atoms with Crippen molar-refractivity contribution < 1.29 is 14.6 Å². The second kappa shape index (κ2) is 2.71. The third kappa shape index (κ3) is 1.10. The van der Waals surface area contributed by atoms with E-state index in [2.05, 4.69) is 0 Å². The summed E-state index contributed by atoms with van der Waals surface area (Å²) in [5.41, 5.74) is -0.321. The zero-order chi connectivity index (χ0) is 9.64. The van der Waals surface area contributed by atoms with Crippen LogP contribution in [0.15, 0.2) is 0 Å². The highest BCUT2D eigenvalue weighted by Gasteiger charge is 2.56. The molecule has 0 heterocycles. The van der Waals surface area contributed by atoms with Gasteiger partial charge in [-0.1, -0.05) is 0 Å². The van der Waals surface area contributed by atoms with Gasteiger partial charge in [-0.3, -0.25) is 4.79 Å². The Morgan fingerprint density at radius 2 is 2.23 bits per heavy atom. The maximum absolute atomic E-state index is 11.5. The van der Waals surface area contributed by atoms with Crippen LogP contribution in [0.4, 0.5) is 0 Å². The maximum Gasteiger partial charge on any atom is 0.311 e. The van der Waals surface area contributed by atoms with Crippen molar-refractivity contribution in [3.63, 3.8) is 0 Å². The predicted molar refractivity (Wildman–Crippen MR) is 47.0 cm³/mol. The van der Waals surface area contributed by atoms with Crippen molar-refractivity contribution >= 4 is 5.97 Å². The second-order valence-corrected chi connectivity index (χ2v) is 4.61. The summed E-state index contributed by atoms with van der Waals surface area (Å²) in [5, 5.41) is 9.55. The first-order chi connectivity index (χ1) is 6.08. The lowest BCUT2D eigenvalue weighted by Crippen LogP contribution is -2.37. The topological polar surface area (TPSA) is 46.5 Å². The van der Waals surface area contributed by atoms with Crippen molar-refractivity contribution in [2.45, 2.75) is 32.3 Å². The summed E-state index contributed by atoms with van der Waals surface area (Å²) in [6.45, 7) is 1.97. The molecule has 2 saturated carbocycles. The number of aliphatic hydroxyl groups is 1. The van der Waals surface area contributed by atoms with Crippen molar-refractivity contribution in [1.29, 1.82) is 0 Å². The number of aliphatic hydroxyl groups excluding tert-OH is 1. The van der Waals surface area contributed by atoms with Gasteiger partial charge < -0.3 is 9.84 Å². The Kier molecular flexibility index (Phi) is 1.88. The summed E-state index contributed by atoms with van der Waals surface area (Å²) in [4.78, 5) is 11.5. The number of carbonyl (C=O) groups excluding carboxylic acids is 1. The Balaban J connectivity index is 2.17. The number of hydrogen-bond donors (Lipinski definition) is 1. The fourth-order valence-electron chi connectivity index (χ4n) is 3.04. The van der Waals surface area contributed by atoms with Gasteiger partial charge in [0, 0.05) is 0 Å². The Morgan fingerprint density at radius 1 is 1.54 bits per heavy atom. The summed E-state index contributed by atoms with van der Waals surface area (Å²) in [6, 6.07) is 0. The van der Waals surface area contributed by atoms with E-state index in [0.29, 0.717) is 11.8 Å². The number of carbonyl (C=O) groups is 1. The molecule has 0 aliphatic heterocycles. The number of rotatable bonds is 1. The van der Waals surface area contributed by atoms with Crippen molar-refractivity contribution in [2.24, 2.45) is 17.3 Å². The highest BCUT2D eigenvalue weighted by atomic mass is 16.5. The minimum Gasteiger partial charge on any atom is -0.469 e. The second-order valence-electron chi connectivity index (χ2n) is 4.61. The minimum absolute atomic E-state index is 0.105. The molecule has 0 radical (unpaired) electrons. The molecule has 0 aromatic heterocycles. The molecule has 2 aliphatic rings. The lowest BCUT2D eigenvalue weighted by Gasteiger charge is -2.32. The summed E-state index contributed by atoms with van der Waals surface area (Å²) < 4.78 is 4.80. The first kappa shape index (κ1) is 9.00. The molecule has 1 N–H and O–H groups in total. The normalized spacial score (nSPS) is 48.1. The average molecular weight is 184 g/mol. The molecule has 3 heteroatoms. The van der Waals surface area contributed by atoms with Crippen molar-refractivity contribution in [3.05, 3.63) is 0 Å². The predicted octanol–water partition coefficient (Wildman–Crippen LogP) is 0.956. The van der Waals surface area contributed by atoms with E-state index in [1.165, 1.54) is 7.11 Å². The van der Waals surface area contributed by atoms with E-state index < -0.39 is 0 Å². The standard InChI is InChI=1S/C10H16O3/c1-10(9(12)13-2)5-6-3-7(10)4-8(6)11/h6-8,11H,3-5H2,1-2H3/t6-,7+,8+,10+/m0/s1. The largest absolute Gasteiger partial charge is 0.469 e. The molecule has 0 unspecified atom stereocenters. The molecule has 0 saturated heterocycles. The van der Waals surface area contributed by atoms with Gasteiger partial charge in [-0.15, -0.1) is 0 Å². The van der Waals surface area contributed by atoms with Crippen LogP contribution in [0, 0.1) is 17.3 Å². The van der Waals surface area contributed by atoms with Crippen LogP contribution in [0.5, 0.6) is 0 Å². The van der Waals surface area contributed by atoms with Crippen molar-refractivity contribution in [1.82, 2.24) is 0 Å². The number of hydrogen-bond acceptors (Lipinski definition) is 3.